The highest BCUT2D eigenvalue weighted by atomic mass is 19.4. The number of halogens is 6. The van der Waals surface area contributed by atoms with Crippen molar-refractivity contribution in [3.05, 3.63) is 142 Å². The first kappa shape index (κ1) is 33.2. The van der Waals surface area contributed by atoms with Gasteiger partial charge >= 0.3 is 12.4 Å². The zero-order chi connectivity index (χ0) is 36.9. The lowest BCUT2D eigenvalue weighted by atomic mass is 9.95. The molecule has 258 valence electrons. The van der Waals surface area contributed by atoms with Crippen LogP contribution in [-0.4, -0.2) is 9.13 Å². The average Bonchev–Trinajstić information content (AvgIpc) is 3.57. The van der Waals surface area contributed by atoms with Crippen LogP contribution in [0.25, 0.3) is 66.1 Å². The number of aromatic nitrogens is 2. The molecule has 8 aromatic rings. The molecule has 0 saturated carbocycles. The second-order valence-corrected chi connectivity index (χ2v) is 13.5. The maximum Gasteiger partial charge on any atom is 0.416 e. The summed E-state index contributed by atoms with van der Waals surface area (Å²) >= 11 is 0. The maximum atomic E-state index is 14.3. The van der Waals surface area contributed by atoms with Gasteiger partial charge in [0.25, 0.3) is 0 Å². The lowest BCUT2D eigenvalue weighted by molar-refractivity contribution is -0.143. The third-order valence-electron chi connectivity index (χ3n) is 9.77. The van der Waals surface area contributed by atoms with E-state index in [1.807, 2.05) is 110 Å². The van der Waals surface area contributed by atoms with Crippen molar-refractivity contribution in [3.8, 4) is 28.6 Å². The average molecular weight is 702 g/mol. The smallest absolute Gasteiger partial charge is 0.309 e. The standard InChI is InChI=1S/C43H29F6N3/c1-23-5-9-36-32(13-23)33-14-24(2)6-10-37(33)51(36)40-21-31(27-17-29(42(44,45)46)20-30(18-27)43(47,48)49)41(19-28(40)22-50)52-38-11-7-25(3)15-34(38)35-16-26(4)8-12-39(35)52/h5-21H,1-4H3. The molecule has 0 aliphatic rings. The van der Waals surface area contributed by atoms with Crippen molar-refractivity contribution in [1.29, 1.82) is 5.26 Å². The van der Waals surface area contributed by atoms with Crippen LogP contribution in [0.2, 0.25) is 0 Å². The van der Waals surface area contributed by atoms with E-state index in [-0.39, 0.29) is 28.4 Å². The van der Waals surface area contributed by atoms with Crippen LogP contribution in [0.1, 0.15) is 38.9 Å². The molecule has 0 radical (unpaired) electrons. The van der Waals surface area contributed by atoms with Crippen LogP contribution >= 0.6 is 0 Å². The first-order valence-electron chi connectivity index (χ1n) is 16.5. The Hall–Kier alpha value is -6.01. The molecule has 8 rings (SSSR count). The van der Waals surface area contributed by atoms with Crippen molar-refractivity contribution in [2.75, 3.05) is 0 Å². The maximum absolute atomic E-state index is 14.3. The largest absolute Gasteiger partial charge is 0.416 e. The Kier molecular flexibility index (Phi) is 7.33. The Bertz CT molecular complexity index is 2670. The quantitative estimate of drug-likeness (QED) is 0.169. The van der Waals surface area contributed by atoms with E-state index in [0.717, 1.165) is 67.0 Å². The number of alkyl halides is 6. The zero-order valence-corrected chi connectivity index (χ0v) is 28.4. The predicted octanol–water partition coefficient (Wildman–Crippen LogP) is 12.7. The molecule has 0 aliphatic heterocycles. The van der Waals surface area contributed by atoms with Crippen molar-refractivity contribution in [1.82, 2.24) is 9.13 Å². The fourth-order valence-electron chi connectivity index (χ4n) is 7.40. The van der Waals surface area contributed by atoms with Gasteiger partial charge in [-0.1, -0.05) is 46.5 Å². The summed E-state index contributed by atoms with van der Waals surface area (Å²) in [6, 6.07) is 30.4. The summed E-state index contributed by atoms with van der Waals surface area (Å²) in [6.07, 6.45) is -10.1. The number of fused-ring (bicyclic) bond motifs is 6. The van der Waals surface area contributed by atoms with Crippen LogP contribution in [0.3, 0.4) is 0 Å². The van der Waals surface area contributed by atoms with Crippen LogP contribution in [0.5, 0.6) is 0 Å². The summed E-state index contributed by atoms with van der Waals surface area (Å²) in [6.45, 7) is 7.82. The van der Waals surface area contributed by atoms with Gasteiger partial charge < -0.3 is 9.13 Å². The van der Waals surface area contributed by atoms with Gasteiger partial charge in [0.2, 0.25) is 0 Å². The van der Waals surface area contributed by atoms with E-state index in [4.69, 9.17) is 0 Å². The van der Waals surface area contributed by atoms with E-state index in [1.54, 1.807) is 12.1 Å². The number of hydrogen-bond acceptors (Lipinski definition) is 1. The van der Waals surface area contributed by atoms with Gasteiger partial charge in [-0.2, -0.15) is 31.6 Å². The molecule has 2 heterocycles. The van der Waals surface area contributed by atoms with E-state index < -0.39 is 23.5 Å². The highest BCUT2D eigenvalue weighted by Gasteiger charge is 2.37. The van der Waals surface area contributed by atoms with E-state index in [9.17, 15) is 31.6 Å². The Morgan fingerprint density at radius 3 is 1.17 bits per heavy atom. The van der Waals surface area contributed by atoms with Crippen molar-refractivity contribution in [2.45, 2.75) is 40.0 Å². The summed E-state index contributed by atoms with van der Waals surface area (Å²) in [7, 11) is 0. The first-order chi connectivity index (χ1) is 24.6. The Balaban J connectivity index is 1.57. The molecule has 52 heavy (non-hydrogen) atoms. The molecule has 0 N–H and O–H groups in total. The van der Waals surface area contributed by atoms with Crippen LogP contribution in [0.4, 0.5) is 26.3 Å². The minimum atomic E-state index is -5.06. The second kappa shape index (κ2) is 11.5. The van der Waals surface area contributed by atoms with Gasteiger partial charge in [-0.25, -0.2) is 0 Å². The lowest BCUT2D eigenvalue weighted by Gasteiger charge is -2.20. The van der Waals surface area contributed by atoms with Crippen molar-refractivity contribution >= 4 is 43.6 Å². The first-order valence-corrected chi connectivity index (χ1v) is 16.5. The van der Waals surface area contributed by atoms with Gasteiger partial charge in [-0.15, -0.1) is 0 Å². The fraction of sp³-hybridized carbons (Fsp3) is 0.140. The molecule has 6 aromatic carbocycles. The second-order valence-electron chi connectivity index (χ2n) is 13.5. The molecule has 2 aromatic heterocycles. The Morgan fingerprint density at radius 1 is 0.462 bits per heavy atom. The molecule has 9 heteroatoms. The normalized spacial score (nSPS) is 12.4. The highest BCUT2D eigenvalue weighted by Crippen LogP contribution is 2.44. The molecule has 0 aliphatic carbocycles. The number of nitrogens with zero attached hydrogens (tertiary/aromatic N) is 3. The number of nitriles is 1. The predicted molar refractivity (Wildman–Crippen MR) is 194 cm³/mol. The topological polar surface area (TPSA) is 33.6 Å². The van der Waals surface area contributed by atoms with Crippen molar-refractivity contribution in [2.24, 2.45) is 0 Å². The van der Waals surface area contributed by atoms with Gasteiger partial charge in [0.1, 0.15) is 6.07 Å². The van der Waals surface area contributed by atoms with Gasteiger partial charge in [0.05, 0.1) is 50.1 Å². The third kappa shape index (κ3) is 5.29. The van der Waals surface area contributed by atoms with E-state index in [1.165, 1.54) is 0 Å². The molecule has 0 unspecified atom stereocenters. The monoisotopic (exact) mass is 701 g/mol. The van der Waals surface area contributed by atoms with Gasteiger partial charge in [0, 0.05) is 27.1 Å². The number of benzene rings is 6. The molecule has 0 spiro atoms. The lowest BCUT2D eigenvalue weighted by Crippen LogP contribution is -2.11. The zero-order valence-electron chi connectivity index (χ0n) is 28.4. The van der Waals surface area contributed by atoms with Crippen molar-refractivity contribution in [3.63, 3.8) is 0 Å². The summed E-state index contributed by atoms with van der Waals surface area (Å²) in [5.74, 6) is 0. The van der Waals surface area contributed by atoms with Gasteiger partial charge in [0.15, 0.2) is 0 Å². The molecule has 0 amide bonds. The number of hydrogen-bond donors (Lipinski definition) is 0. The fourth-order valence-corrected chi connectivity index (χ4v) is 7.40. The molecular weight excluding hydrogens is 672 g/mol. The van der Waals surface area contributed by atoms with Crippen LogP contribution in [0.15, 0.2) is 103 Å². The van der Waals surface area contributed by atoms with Crippen LogP contribution in [0, 0.1) is 39.0 Å². The summed E-state index contributed by atoms with van der Waals surface area (Å²) in [4.78, 5) is 0. The molecule has 0 fully saturated rings. The number of aryl methyl sites for hydroxylation is 4. The third-order valence-corrected chi connectivity index (χ3v) is 9.77. The minimum Gasteiger partial charge on any atom is -0.309 e. The Morgan fingerprint density at radius 2 is 0.827 bits per heavy atom. The molecule has 0 atom stereocenters. The SMILES string of the molecule is Cc1ccc2c(c1)c1cc(C)ccc1n2-c1cc(-c2cc(C(F)(F)F)cc(C(F)(F)F)c2)c(-n2c3ccc(C)cc3c3cc(C)ccc32)cc1C#N. The summed E-state index contributed by atoms with van der Waals surface area (Å²) < 4.78 is 89.7. The molecule has 0 saturated heterocycles. The van der Waals surface area contributed by atoms with E-state index in [2.05, 4.69) is 6.07 Å². The minimum absolute atomic E-state index is 0.0970. The van der Waals surface area contributed by atoms with E-state index >= 15 is 0 Å². The number of rotatable bonds is 3. The van der Waals surface area contributed by atoms with E-state index in [0.29, 0.717) is 16.7 Å². The highest BCUT2D eigenvalue weighted by molar-refractivity contribution is 6.11. The van der Waals surface area contributed by atoms with Crippen molar-refractivity contribution < 1.29 is 26.3 Å². The molecule has 3 nitrogen and oxygen atoms in total. The summed E-state index contributed by atoms with van der Waals surface area (Å²) in [5, 5.41) is 14.3. The van der Waals surface area contributed by atoms with Gasteiger partial charge in [-0.3, -0.25) is 0 Å². The van der Waals surface area contributed by atoms with Crippen LogP contribution < -0.4 is 0 Å². The van der Waals surface area contributed by atoms with Gasteiger partial charge in [-0.05, 0) is 112 Å². The molecular formula is C43H29F6N3. The summed E-state index contributed by atoms with van der Waals surface area (Å²) in [5.41, 5.74) is 4.57. The molecule has 0 bridgehead atoms. The Labute approximate surface area is 294 Å². The van der Waals surface area contributed by atoms with Crippen LogP contribution in [-0.2, 0) is 12.4 Å².